The Morgan fingerprint density at radius 2 is 1.81 bits per heavy atom. The molecule has 0 bridgehead atoms. The number of rotatable bonds is 7. The Morgan fingerprint density at radius 3 is 2.41 bits per heavy atom. The number of carbonyl (C=O) groups is 2. The minimum Gasteiger partial charge on any atom is -0.372 e. The molecule has 1 aromatic carbocycles. The second kappa shape index (κ2) is 9.36. The van der Waals surface area contributed by atoms with Gasteiger partial charge in [-0.2, -0.15) is 13.2 Å². The first-order valence-corrected chi connectivity index (χ1v) is 11.7. The molecule has 0 aromatic heterocycles. The van der Waals surface area contributed by atoms with Crippen LogP contribution in [0.3, 0.4) is 0 Å². The van der Waals surface area contributed by atoms with Crippen molar-refractivity contribution in [3.8, 4) is 0 Å². The topological polar surface area (TPSA) is 87.2 Å². The number of carbonyl (C=O) groups excluding carboxylic acids is 2. The Labute approximate surface area is 185 Å². The molecule has 0 saturated carbocycles. The highest BCUT2D eigenvalue weighted by atomic mass is 32.2. The zero-order chi connectivity index (χ0) is 23.7. The van der Waals surface area contributed by atoms with Gasteiger partial charge in [-0.15, -0.1) is 0 Å². The number of nitrogens with zero attached hydrogens (tertiary/aromatic N) is 3. The van der Waals surface area contributed by atoms with Crippen LogP contribution in [-0.4, -0.2) is 92.5 Å². The van der Waals surface area contributed by atoms with Gasteiger partial charge in [-0.25, -0.2) is 12.7 Å². The molecule has 12 heteroatoms. The minimum atomic E-state index is -4.33. The summed E-state index contributed by atoms with van der Waals surface area (Å²) in [5.74, 6) is -0.923. The van der Waals surface area contributed by atoms with Crippen LogP contribution in [0.4, 0.5) is 13.2 Å². The summed E-state index contributed by atoms with van der Waals surface area (Å²) in [4.78, 5) is 28.8. The number of amides is 2. The van der Waals surface area contributed by atoms with E-state index in [1.165, 1.54) is 18.2 Å². The highest BCUT2D eigenvalue weighted by Gasteiger charge is 2.43. The molecule has 1 fully saturated rings. The lowest BCUT2D eigenvalue weighted by Gasteiger charge is -2.34. The van der Waals surface area contributed by atoms with E-state index >= 15 is 0 Å². The maximum absolute atomic E-state index is 12.9. The fourth-order valence-electron chi connectivity index (χ4n) is 3.83. The summed E-state index contributed by atoms with van der Waals surface area (Å²) in [5.41, 5.74) is 0.257. The zero-order valence-corrected chi connectivity index (χ0v) is 18.7. The maximum atomic E-state index is 12.9. The molecule has 1 aromatic rings. The highest BCUT2D eigenvalue weighted by Crippen LogP contribution is 2.32. The van der Waals surface area contributed by atoms with Gasteiger partial charge in [0.15, 0.2) is 0 Å². The third kappa shape index (κ3) is 5.24. The first-order valence-electron chi connectivity index (χ1n) is 10.3. The summed E-state index contributed by atoms with van der Waals surface area (Å²) in [6.45, 7) is 4.43. The molecule has 0 radical (unpaired) electrons. The fraction of sp³-hybridized carbons (Fsp3) is 0.600. The molecule has 2 aliphatic heterocycles. The molecule has 0 atom stereocenters. The van der Waals surface area contributed by atoms with Crippen LogP contribution in [-0.2, 0) is 14.8 Å². The van der Waals surface area contributed by atoms with Gasteiger partial charge in [0.25, 0.3) is 21.8 Å². The van der Waals surface area contributed by atoms with E-state index in [0.717, 1.165) is 4.31 Å². The van der Waals surface area contributed by atoms with Crippen molar-refractivity contribution >= 4 is 21.8 Å². The molecule has 2 amide bonds. The summed E-state index contributed by atoms with van der Waals surface area (Å²) in [7, 11) is -3.99. The van der Waals surface area contributed by atoms with Gasteiger partial charge in [0.2, 0.25) is 0 Å². The molecule has 0 unspecified atom stereocenters. The number of alkyl halides is 3. The number of hydrogen-bond donors (Lipinski definition) is 0. The maximum Gasteiger partial charge on any atom is 0.411 e. The number of benzene rings is 1. The van der Waals surface area contributed by atoms with Crippen molar-refractivity contribution in [3.63, 3.8) is 0 Å². The number of sulfonamides is 1. The van der Waals surface area contributed by atoms with Crippen molar-refractivity contribution in [1.82, 2.24) is 14.1 Å². The smallest absolute Gasteiger partial charge is 0.372 e. The van der Waals surface area contributed by atoms with E-state index in [9.17, 15) is 31.2 Å². The zero-order valence-electron chi connectivity index (χ0n) is 17.9. The lowest BCUT2D eigenvalue weighted by molar-refractivity contribution is -0.174. The third-order valence-electron chi connectivity index (χ3n) is 5.35. The van der Waals surface area contributed by atoms with Gasteiger partial charge < -0.3 is 9.64 Å². The third-order valence-corrected chi connectivity index (χ3v) is 7.35. The molecule has 178 valence electrons. The molecule has 3 rings (SSSR count). The molecule has 1 saturated heterocycles. The lowest BCUT2D eigenvalue weighted by Crippen LogP contribution is -2.49. The van der Waals surface area contributed by atoms with Crippen molar-refractivity contribution in [2.45, 2.75) is 37.4 Å². The van der Waals surface area contributed by atoms with Crippen molar-refractivity contribution in [2.24, 2.45) is 0 Å². The summed E-state index contributed by atoms with van der Waals surface area (Å²) < 4.78 is 67.1. The number of fused-ring (bicyclic) bond motifs is 1. The van der Waals surface area contributed by atoms with Crippen molar-refractivity contribution in [2.75, 3.05) is 45.9 Å². The monoisotopic (exact) mass is 477 g/mol. The molecule has 2 heterocycles. The molecule has 0 N–H and O–H groups in total. The largest absolute Gasteiger partial charge is 0.411 e. The summed E-state index contributed by atoms with van der Waals surface area (Å²) in [6, 6.07) is 3.56. The quantitative estimate of drug-likeness (QED) is 0.558. The predicted octanol–water partition coefficient (Wildman–Crippen LogP) is 1.97. The number of ether oxygens (including phenoxy) is 1. The summed E-state index contributed by atoms with van der Waals surface area (Å²) in [5, 5.41) is 0. The normalized spacial score (nSPS) is 19.0. The molecular formula is C20H26F3N3O5S. The highest BCUT2D eigenvalue weighted by molar-refractivity contribution is 7.90. The van der Waals surface area contributed by atoms with Crippen molar-refractivity contribution in [1.29, 1.82) is 0 Å². The van der Waals surface area contributed by atoms with E-state index in [4.69, 9.17) is 0 Å². The van der Waals surface area contributed by atoms with Crippen LogP contribution in [0.2, 0.25) is 0 Å². The Bertz CT molecular complexity index is 973. The number of halogens is 3. The second-order valence-electron chi connectivity index (χ2n) is 8.07. The Hall–Kier alpha value is -2.18. The van der Waals surface area contributed by atoms with Gasteiger partial charge in [-0.1, -0.05) is 0 Å². The van der Waals surface area contributed by atoms with Gasteiger partial charge in [0.05, 0.1) is 5.56 Å². The van der Waals surface area contributed by atoms with E-state index in [2.05, 4.69) is 4.74 Å². The Morgan fingerprint density at radius 1 is 1.16 bits per heavy atom. The molecule has 8 nitrogen and oxygen atoms in total. The van der Waals surface area contributed by atoms with Gasteiger partial charge >= 0.3 is 6.18 Å². The number of hydrogen-bond acceptors (Lipinski definition) is 6. The summed E-state index contributed by atoms with van der Waals surface area (Å²) >= 11 is 0. The van der Waals surface area contributed by atoms with Crippen molar-refractivity contribution in [3.05, 3.63) is 29.3 Å². The predicted molar refractivity (Wildman–Crippen MR) is 109 cm³/mol. The van der Waals surface area contributed by atoms with Crippen LogP contribution in [0.1, 0.15) is 41.0 Å². The van der Waals surface area contributed by atoms with E-state index in [0.29, 0.717) is 39.1 Å². The first-order chi connectivity index (χ1) is 14.9. The molecule has 0 aliphatic carbocycles. The molecule has 2 aliphatic rings. The lowest BCUT2D eigenvalue weighted by atomic mass is 10.1. The summed E-state index contributed by atoms with van der Waals surface area (Å²) in [6.07, 6.45) is -3.88. The van der Waals surface area contributed by atoms with Crippen LogP contribution >= 0.6 is 0 Å². The van der Waals surface area contributed by atoms with Gasteiger partial charge in [-0.3, -0.25) is 14.5 Å². The van der Waals surface area contributed by atoms with E-state index in [1.807, 2.05) is 4.90 Å². The SMILES string of the molecule is CC(C)N1C(=O)c2ccc(C(=O)N3CCN(CCCOCC(F)(F)F)CC3)cc2S1(=O)=O. The first kappa shape index (κ1) is 24.5. The van der Waals surface area contributed by atoms with Gasteiger partial charge in [0, 0.05) is 50.9 Å². The van der Waals surface area contributed by atoms with Gasteiger partial charge in [-0.05, 0) is 38.5 Å². The minimum absolute atomic E-state index is 0.00830. The van der Waals surface area contributed by atoms with Crippen LogP contribution in [0.15, 0.2) is 23.1 Å². The second-order valence-corrected chi connectivity index (χ2v) is 9.85. The van der Waals surface area contributed by atoms with E-state index < -0.39 is 34.8 Å². The Kier molecular flexibility index (Phi) is 7.15. The van der Waals surface area contributed by atoms with Crippen LogP contribution in [0, 0.1) is 0 Å². The average Bonchev–Trinajstić information content (AvgIpc) is 2.92. The van der Waals surface area contributed by atoms with Crippen LogP contribution in [0.25, 0.3) is 0 Å². The number of piperazine rings is 1. The van der Waals surface area contributed by atoms with E-state index in [1.54, 1.807) is 18.7 Å². The van der Waals surface area contributed by atoms with Crippen LogP contribution in [0.5, 0.6) is 0 Å². The molecular weight excluding hydrogens is 451 g/mol. The fourth-order valence-corrected chi connectivity index (χ4v) is 5.62. The molecule has 0 spiro atoms. The van der Waals surface area contributed by atoms with Crippen molar-refractivity contribution < 1.29 is 35.9 Å². The average molecular weight is 478 g/mol. The van der Waals surface area contributed by atoms with E-state index in [-0.39, 0.29) is 28.5 Å². The standard InChI is InChI=1S/C20H26F3N3O5S/c1-14(2)26-19(28)16-5-4-15(12-17(16)32(26,29)30)18(27)25-9-7-24(8-10-25)6-3-11-31-13-20(21,22)23/h4-5,12,14H,3,6-11,13H2,1-2H3. The van der Waals surface area contributed by atoms with Gasteiger partial charge in [0.1, 0.15) is 11.5 Å². The Balaban J connectivity index is 1.56. The van der Waals surface area contributed by atoms with Crippen LogP contribution < -0.4 is 0 Å². The molecule has 32 heavy (non-hydrogen) atoms.